The van der Waals surface area contributed by atoms with Crippen molar-refractivity contribution >= 4 is 11.4 Å². The first-order valence-electron chi connectivity index (χ1n) is 6.53. The third-order valence-corrected chi connectivity index (χ3v) is 3.34. The van der Waals surface area contributed by atoms with Crippen molar-refractivity contribution < 1.29 is 4.92 Å². The summed E-state index contributed by atoms with van der Waals surface area (Å²) in [6.45, 7) is 3.79. The number of nitrogens with one attached hydrogen (secondary N) is 1. The molecule has 0 aromatic heterocycles. The zero-order valence-corrected chi connectivity index (χ0v) is 11.8. The van der Waals surface area contributed by atoms with E-state index in [9.17, 15) is 10.1 Å². The van der Waals surface area contributed by atoms with Gasteiger partial charge in [-0.2, -0.15) is 5.26 Å². The number of benzene rings is 2. The van der Waals surface area contributed by atoms with Crippen LogP contribution in [0.1, 0.15) is 29.7 Å². The maximum atomic E-state index is 11.1. The molecule has 0 fully saturated rings. The summed E-state index contributed by atoms with van der Waals surface area (Å²) in [5.74, 6) is 0. The van der Waals surface area contributed by atoms with Gasteiger partial charge in [-0.1, -0.05) is 24.3 Å². The second kappa shape index (κ2) is 6.06. The van der Waals surface area contributed by atoms with Crippen molar-refractivity contribution in [2.75, 3.05) is 5.32 Å². The monoisotopic (exact) mass is 281 g/mol. The predicted molar refractivity (Wildman–Crippen MR) is 81.0 cm³/mol. The maximum Gasteiger partial charge on any atom is 0.274 e. The van der Waals surface area contributed by atoms with Crippen LogP contribution in [0.2, 0.25) is 0 Å². The molecule has 21 heavy (non-hydrogen) atoms. The van der Waals surface area contributed by atoms with E-state index in [0.717, 1.165) is 11.3 Å². The van der Waals surface area contributed by atoms with Crippen LogP contribution in [0.4, 0.5) is 11.4 Å². The zero-order valence-electron chi connectivity index (χ0n) is 11.8. The lowest BCUT2D eigenvalue weighted by Crippen LogP contribution is -2.10. The first kappa shape index (κ1) is 14.5. The van der Waals surface area contributed by atoms with Gasteiger partial charge in [-0.05, 0) is 31.5 Å². The van der Waals surface area contributed by atoms with Gasteiger partial charge in [0.1, 0.15) is 0 Å². The van der Waals surface area contributed by atoms with Crippen LogP contribution in [0.25, 0.3) is 0 Å². The van der Waals surface area contributed by atoms with E-state index in [0.29, 0.717) is 11.1 Å². The van der Waals surface area contributed by atoms with E-state index in [1.807, 2.05) is 19.9 Å². The van der Waals surface area contributed by atoms with Gasteiger partial charge in [0.05, 0.1) is 28.2 Å². The molecular formula is C16H15N3O2. The average Bonchev–Trinajstić information content (AvgIpc) is 2.49. The van der Waals surface area contributed by atoms with Crippen LogP contribution in [-0.4, -0.2) is 4.92 Å². The van der Waals surface area contributed by atoms with Crippen LogP contribution < -0.4 is 5.32 Å². The minimum Gasteiger partial charge on any atom is -0.378 e. The molecule has 1 unspecified atom stereocenters. The van der Waals surface area contributed by atoms with Crippen molar-refractivity contribution in [1.82, 2.24) is 0 Å². The second-order valence-electron chi connectivity index (χ2n) is 4.82. The van der Waals surface area contributed by atoms with Gasteiger partial charge in [0, 0.05) is 11.8 Å². The summed E-state index contributed by atoms with van der Waals surface area (Å²) >= 11 is 0. The van der Waals surface area contributed by atoms with Gasteiger partial charge in [0.2, 0.25) is 0 Å². The molecule has 1 atom stereocenters. The lowest BCUT2D eigenvalue weighted by Gasteiger charge is -2.17. The average molecular weight is 281 g/mol. The molecule has 0 heterocycles. The van der Waals surface area contributed by atoms with Crippen LogP contribution in [0.15, 0.2) is 42.5 Å². The number of rotatable bonds is 4. The van der Waals surface area contributed by atoms with Crippen molar-refractivity contribution in [2.45, 2.75) is 19.9 Å². The highest BCUT2D eigenvalue weighted by Gasteiger charge is 2.18. The molecule has 0 bridgehead atoms. The fourth-order valence-corrected chi connectivity index (χ4v) is 2.18. The molecule has 0 radical (unpaired) electrons. The fraction of sp³-hybridized carbons (Fsp3) is 0.188. The third-order valence-electron chi connectivity index (χ3n) is 3.34. The van der Waals surface area contributed by atoms with E-state index >= 15 is 0 Å². The van der Waals surface area contributed by atoms with E-state index in [-0.39, 0.29) is 16.7 Å². The Morgan fingerprint density at radius 3 is 2.67 bits per heavy atom. The Morgan fingerprint density at radius 1 is 1.29 bits per heavy atom. The van der Waals surface area contributed by atoms with Gasteiger partial charge in [-0.25, -0.2) is 0 Å². The van der Waals surface area contributed by atoms with Gasteiger partial charge in [-0.15, -0.1) is 0 Å². The SMILES string of the molecule is Cc1ccc(C#N)cc1NC(C)c1ccccc1[N+](=O)[O-]. The van der Waals surface area contributed by atoms with Gasteiger partial charge in [0.15, 0.2) is 0 Å². The minimum atomic E-state index is -0.383. The van der Waals surface area contributed by atoms with Crippen molar-refractivity contribution in [2.24, 2.45) is 0 Å². The van der Waals surface area contributed by atoms with Crippen LogP contribution in [0, 0.1) is 28.4 Å². The quantitative estimate of drug-likeness (QED) is 0.679. The Kier molecular flexibility index (Phi) is 4.19. The standard InChI is InChI=1S/C16H15N3O2/c1-11-7-8-13(10-17)9-15(11)18-12(2)14-5-3-4-6-16(14)19(20)21/h3-9,12,18H,1-2H3. The number of nitrogens with zero attached hydrogens (tertiary/aromatic N) is 2. The summed E-state index contributed by atoms with van der Waals surface area (Å²) in [5, 5.41) is 23.3. The van der Waals surface area contributed by atoms with Crippen LogP contribution in [-0.2, 0) is 0 Å². The molecule has 2 aromatic rings. The van der Waals surface area contributed by atoms with E-state index in [4.69, 9.17) is 5.26 Å². The minimum absolute atomic E-state index is 0.0894. The summed E-state index contributed by atoms with van der Waals surface area (Å²) in [6.07, 6.45) is 0. The highest BCUT2D eigenvalue weighted by atomic mass is 16.6. The molecule has 0 aliphatic heterocycles. The molecule has 0 amide bonds. The Hall–Kier alpha value is -2.87. The molecule has 0 aliphatic rings. The van der Waals surface area contributed by atoms with Crippen molar-refractivity contribution in [3.63, 3.8) is 0 Å². The molecule has 0 spiro atoms. The summed E-state index contributed by atoms with van der Waals surface area (Å²) in [7, 11) is 0. The molecule has 2 rings (SSSR count). The second-order valence-corrected chi connectivity index (χ2v) is 4.82. The first-order chi connectivity index (χ1) is 10.0. The number of nitro groups is 1. The number of nitriles is 1. The fourth-order valence-electron chi connectivity index (χ4n) is 2.18. The molecule has 0 saturated heterocycles. The Morgan fingerprint density at radius 2 is 2.00 bits per heavy atom. The number of nitro benzene ring substituents is 1. The predicted octanol–water partition coefficient (Wildman–Crippen LogP) is 3.95. The van der Waals surface area contributed by atoms with E-state index < -0.39 is 0 Å². The highest BCUT2D eigenvalue weighted by Crippen LogP contribution is 2.28. The van der Waals surface area contributed by atoms with E-state index in [1.54, 1.807) is 30.3 Å². The van der Waals surface area contributed by atoms with Gasteiger partial charge in [0.25, 0.3) is 5.69 Å². The molecule has 1 N–H and O–H groups in total. The summed E-state index contributed by atoms with van der Waals surface area (Å²) in [6, 6.07) is 13.9. The smallest absolute Gasteiger partial charge is 0.274 e. The van der Waals surface area contributed by atoms with Crippen LogP contribution in [0.5, 0.6) is 0 Å². The molecular weight excluding hydrogens is 266 g/mol. The molecule has 5 heteroatoms. The Labute approximate surface area is 123 Å². The topological polar surface area (TPSA) is 79.0 Å². The zero-order chi connectivity index (χ0) is 15.4. The summed E-state index contributed by atoms with van der Waals surface area (Å²) in [4.78, 5) is 10.7. The van der Waals surface area contributed by atoms with Crippen LogP contribution in [0.3, 0.4) is 0 Å². The molecule has 0 saturated carbocycles. The van der Waals surface area contributed by atoms with E-state index in [2.05, 4.69) is 11.4 Å². The van der Waals surface area contributed by atoms with Crippen molar-refractivity contribution in [1.29, 1.82) is 5.26 Å². The molecule has 2 aromatic carbocycles. The Bertz CT molecular complexity index is 720. The van der Waals surface area contributed by atoms with Crippen LogP contribution >= 0.6 is 0 Å². The number of aryl methyl sites for hydroxylation is 1. The highest BCUT2D eigenvalue weighted by molar-refractivity contribution is 5.57. The van der Waals surface area contributed by atoms with Gasteiger partial charge in [-0.3, -0.25) is 10.1 Å². The van der Waals surface area contributed by atoms with Crippen molar-refractivity contribution in [3.8, 4) is 6.07 Å². The number of para-hydroxylation sites is 1. The number of anilines is 1. The number of hydrogen-bond donors (Lipinski definition) is 1. The Balaban J connectivity index is 2.33. The molecule has 5 nitrogen and oxygen atoms in total. The van der Waals surface area contributed by atoms with Gasteiger partial charge >= 0.3 is 0 Å². The lowest BCUT2D eigenvalue weighted by molar-refractivity contribution is -0.385. The summed E-state index contributed by atoms with van der Waals surface area (Å²) < 4.78 is 0. The summed E-state index contributed by atoms with van der Waals surface area (Å²) in [5.41, 5.74) is 3.05. The molecule has 106 valence electrons. The van der Waals surface area contributed by atoms with E-state index in [1.165, 1.54) is 6.07 Å². The largest absolute Gasteiger partial charge is 0.378 e. The van der Waals surface area contributed by atoms with Crippen molar-refractivity contribution in [3.05, 3.63) is 69.3 Å². The van der Waals surface area contributed by atoms with Gasteiger partial charge < -0.3 is 5.32 Å². The first-order valence-corrected chi connectivity index (χ1v) is 6.53. The lowest BCUT2D eigenvalue weighted by atomic mass is 10.0. The third kappa shape index (κ3) is 3.18. The molecule has 0 aliphatic carbocycles. The maximum absolute atomic E-state index is 11.1. The number of hydrogen-bond acceptors (Lipinski definition) is 4. The normalized spacial score (nSPS) is 11.5.